The second-order valence-electron chi connectivity index (χ2n) is 8.60. The lowest BCUT2D eigenvalue weighted by Crippen LogP contribution is -2.34. The number of carbonyl (C=O) groups excluding carboxylic acids is 2. The Kier molecular flexibility index (Phi) is 6.86. The lowest BCUT2D eigenvalue weighted by Gasteiger charge is -2.31. The van der Waals surface area contributed by atoms with E-state index < -0.39 is 23.5 Å². The molecule has 1 fully saturated rings. The van der Waals surface area contributed by atoms with Crippen LogP contribution < -0.4 is 18.9 Å². The molecule has 0 saturated carbocycles. The number of para-hydroxylation sites is 2. The molecule has 0 radical (unpaired) electrons. The van der Waals surface area contributed by atoms with E-state index >= 15 is 0 Å². The smallest absolute Gasteiger partial charge is 0.336 e. The predicted molar refractivity (Wildman–Crippen MR) is 126 cm³/mol. The van der Waals surface area contributed by atoms with Gasteiger partial charge in [-0.15, -0.1) is 0 Å². The van der Waals surface area contributed by atoms with Crippen LogP contribution in [0.2, 0.25) is 0 Å². The highest BCUT2D eigenvalue weighted by Gasteiger charge is 2.31. The fourth-order valence-electron chi connectivity index (χ4n) is 4.56. The average molecular weight is 496 g/mol. The van der Waals surface area contributed by atoms with Crippen LogP contribution in [0.1, 0.15) is 30.9 Å². The summed E-state index contributed by atoms with van der Waals surface area (Å²) in [5.41, 5.74) is 0.694. The van der Waals surface area contributed by atoms with E-state index in [1.54, 1.807) is 7.11 Å². The topological polar surface area (TPSA) is 100 Å². The molecule has 0 aliphatic carbocycles. The molecule has 0 atom stereocenters. The SMILES string of the molecule is COc1ccccc1OCCCN1CCC(c2noc3cc(F)c4c(c23)OC(=O)/C=C/C(=O)O4)CC1. The van der Waals surface area contributed by atoms with Gasteiger partial charge in [0.05, 0.1) is 24.8 Å². The number of esters is 2. The molecule has 1 aromatic heterocycles. The van der Waals surface area contributed by atoms with Crippen molar-refractivity contribution in [1.29, 1.82) is 0 Å². The van der Waals surface area contributed by atoms with E-state index in [4.69, 9.17) is 23.5 Å². The van der Waals surface area contributed by atoms with Gasteiger partial charge in [0, 0.05) is 30.7 Å². The van der Waals surface area contributed by atoms with Gasteiger partial charge in [0.1, 0.15) is 0 Å². The maximum atomic E-state index is 14.6. The van der Waals surface area contributed by atoms with E-state index in [0.29, 0.717) is 23.4 Å². The Bertz CT molecular complexity index is 1310. The van der Waals surface area contributed by atoms with Crippen LogP contribution in [0.3, 0.4) is 0 Å². The van der Waals surface area contributed by atoms with E-state index in [1.165, 1.54) is 0 Å². The standard InChI is InChI=1S/C26H25FN2O7/c1-32-18-5-2-3-6-19(18)33-14-4-11-29-12-9-16(10-13-29)24-23-20(36-28-24)15-17(27)25-26(23)35-22(31)8-7-21(30)34-25/h2-3,5-8,15-16H,4,9-14H2,1H3/b8-7+. The van der Waals surface area contributed by atoms with Gasteiger partial charge in [-0.05, 0) is 44.5 Å². The molecule has 0 bridgehead atoms. The fourth-order valence-corrected chi connectivity index (χ4v) is 4.56. The number of hydrogen-bond donors (Lipinski definition) is 0. The van der Waals surface area contributed by atoms with Crippen molar-refractivity contribution in [3.63, 3.8) is 0 Å². The molecular formula is C26H25FN2O7. The number of nitrogens with zero attached hydrogens (tertiary/aromatic N) is 2. The maximum absolute atomic E-state index is 14.6. The molecule has 3 aromatic rings. The molecule has 36 heavy (non-hydrogen) atoms. The van der Waals surface area contributed by atoms with E-state index in [9.17, 15) is 14.0 Å². The van der Waals surface area contributed by atoms with E-state index in [1.807, 2.05) is 24.3 Å². The Hall–Kier alpha value is -3.92. The highest BCUT2D eigenvalue weighted by Crippen LogP contribution is 2.44. The lowest BCUT2D eigenvalue weighted by molar-refractivity contribution is -0.133. The molecule has 188 valence electrons. The largest absolute Gasteiger partial charge is 0.493 e. The minimum absolute atomic E-state index is 0.0114. The van der Waals surface area contributed by atoms with Crippen molar-refractivity contribution in [3.05, 3.63) is 54.0 Å². The quantitative estimate of drug-likeness (QED) is 0.273. The van der Waals surface area contributed by atoms with Gasteiger partial charge >= 0.3 is 11.9 Å². The molecule has 5 rings (SSSR count). The molecule has 0 unspecified atom stereocenters. The van der Waals surface area contributed by atoms with Crippen molar-refractivity contribution < 1.29 is 37.5 Å². The minimum atomic E-state index is -0.873. The first-order valence-corrected chi connectivity index (χ1v) is 11.7. The molecule has 0 amide bonds. The summed E-state index contributed by atoms with van der Waals surface area (Å²) in [6.45, 7) is 3.11. The third-order valence-corrected chi connectivity index (χ3v) is 6.33. The van der Waals surface area contributed by atoms with Crippen molar-refractivity contribution >= 4 is 22.9 Å². The number of benzene rings is 2. The van der Waals surface area contributed by atoms with Gasteiger partial charge in [-0.1, -0.05) is 17.3 Å². The Morgan fingerprint density at radius 2 is 1.75 bits per heavy atom. The van der Waals surface area contributed by atoms with Crippen LogP contribution in [-0.4, -0.2) is 55.3 Å². The number of aromatic nitrogens is 1. The third-order valence-electron chi connectivity index (χ3n) is 6.33. The molecule has 1 saturated heterocycles. The lowest BCUT2D eigenvalue weighted by atomic mass is 9.91. The van der Waals surface area contributed by atoms with Crippen LogP contribution >= 0.6 is 0 Å². The van der Waals surface area contributed by atoms with Gasteiger partial charge in [0.25, 0.3) is 0 Å². The van der Waals surface area contributed by atoms with E-state index in [0.717, 1.165) is 62.9 Å². The van der Waals surface area contributed by atoms with Gasteiger partial charge in [-0.3, -0.25) is 0 Å². The summed E-state index contributed by atoms with van der Waals surface area (Å²) < 4.78 is 41.6. The summed E-state index contributed by atoms with van der Waals surface area (Å²) in [5.74, 6) is -1.72. The summed E-state index contributed by atoms with van der Waals surface area (Å²) >= 11 is 0. The van der Waals surface area contributed by atoms with Crippen LogP contribution in [0.5, 0.6) is 23.0 Å². The zero-order valence-corrected chi connectivity index (χ0v) is 19.7. The van der Waals surface area contributed by atoms with Gasteiger partial charge in [-0.25, -0.2) is 14.0 Å². The zero-order chi connectivity index (χ0) is 25.1. The number of halogens is 1. The number of likely N-dealkylation sites (tertiary alicyclic amines) is 1. The number of hydrogen-bond acceptors (Lipinski definition) is 9. The zero-order valence-electron chi connectivity index (χ0n) is 19.7. The number of piperidine rings is 1. The molecular weight excluding hydrogens is 471 g/mol. The monoisotopic (exact) mass is 496 g/mol. The van der Waals surface area contributed by atoms with Crippen LogP contribution in [0.15, 0.2) is 47.0 Å². The first-order valence-electron chi connectivity index (χ1n) is 11.7. The summed E-state index contributed by atoms with van der Waals surface area (Å²) in [6.07, 6.45) is 4.26. The summed E-state index contributed by atoms with van der Waals surface area (Å²) in [4.78, 5) is 26.3. The molecule has 0 spiro atoms. The van der Waals surface area contributed by atoms with Gasteiger partial charge in [0.15, 0.2) is 28.6 Å². The van der Waals surface area contributed by atoms with Crippen molar-refractivity contribution in [2.24, 2.45) is 0 Å². The summed E-state index contributed by atoms with van der Waals surface area (Å²) in [5, 5.41) is 4.53. The Balaban J connectivity index is 1.24. The van der Waals surface area contributed by atoms with E-state index in [2.05, 4.69) is 10.1 Å². The van der Waals surface area contributed by atoms with Crippen LogP contribution in [0.25, 0.3) is 11.0 Å². The Labute approximate surface area is 206 Å². The molecule has 2 aliphatic rings. The number of fused-ring (bicyclic) bond motifs is 3. The molecule has 2 aliphatic heterocycles. The van der Waals surface area contributed by atoms with E-state index in [-0.39, 0.29) is 17.3 Å². The molecule has 3 heterocycles. The fraction of sp³-hybridized carbons (Fsp3) is 0.346. The van der Waals surface area contributed by atoms with Gasteiger partial charge < -0.3 is 28.4 Å². The second-order valence-corrected chi connectivity index (χ2v) is 8.60. The number of methoxy groups -OCH3 is 1. The Morgan fingerprint density at radius 3 is 2.47 bits per heavy atom. The van der Waals surface area contributed by atoms with Crippen molar-refractivity contribution in [1.82, 2.24) is 10.1 Å². The van der Waals surface area contributed by atoms with Crippen LogP contribution in [0, 0.1) is 5.82 Å². The predicted octanol–water partition coefficient (Wildman–Crippen LogP) is 4.00. The first kappa shape index (κ1) is 23.8. The first-order chi connectivity index (χ1) is 17.5. The van der Waals surface area contributed by atoms with Crippen molar-refractivity contribution in [2.75, 3.05) is 33.4 Å². The average Bonchev–Trinajstić information content (AvgIpc) is 3.30. The van der Waals surface area contributed by atoms with Gasteiger partial charge in [-0.2, -0.15) is 0 Å². The third kappa shape index (κ3) is 4.90. The number of carbonyl (C=O) groups is 2. The van der Waals surface area contributed by atoms with Crippen molar-refractivity contribution in [2.45, 2.75) is 25.2 Å². The minimum Gasteiger partial charge on any atom is -0.493 e. The van der Waals surface area contributed by atoms with Gasteiger partial charge in [0.2, 0.25) is 5.75 Å². The highest BCUT2D eigenvalue weighted by molar-refractivity contribution is 5.99. The number of ether oxygens (including phenoxy) is 4. The second kappa shape index (κ2) is 10.4. The van der Waals surface area contributed by atoms with Crippen LogP contribution in [-0.2, 0) is 9.59 Å². The summed E-state index contributed by atoms with van der Waals surface area (Å²) in [7, 11) is 1.62. The Morgan fingerprint density at radius 1 is 1.06 bits per heavy atom. The highest BCUT2D eigenvalue weighted by atomic mass is 19.1. The molecule has 10 heteroatoms. The maximum Gasteiger partial charge on any atom is 0.336 e. The summed E-state index contributed by atoms with van der Waals surface area (Å²) in [6, 6.07) is 8.65. The molecule has 9 nitrogen and oxygen atoms in total. The number of rotatable bonds is 7. The molecule has 0 N–H and O–H groups in total. The molecule has 2 aromatic carbocycles. The van der Waals surface area contributed by atoms with Crippen LogP contribution in [0.4, 0.5) is 4.39 Å². The normalized spacial score (nSPS) is 17.6. The van der Waals surface area contributed by atoms with Crippen molar-refractivity contribution in [3.8, 4) is 23.0 Å².